The molecule has 3 heteroatoms. The summed E-state index contributed by atoms with van der Waals surface area (Å²) in [7, 11) is 0. The van der Waals surface area contributed by atoms with Gasteiger partial charge >= 0.3 is 0 Å². The highest BCUT2D eigenvalue weighted by Gasteiger charge is 2.43. The molecule has 1 N–H and O–H groups in total. The maximum Gasteiger partial charge on any atom is 0.241 e. The number of rotatable bonds is 5. The molecule has 0 aromatic rings. The molecule has 0 radical (unpaired) electrons. The molecule has 0 bridgehead atoms. The molecule has 116 valence electrons. The van der Waals surface area contributed by atoms with Gasteiger partial charge in [-0.15, -0.1) is 0 Å². The van der Waals surface area contributed by atoms with E-state index < -0.39 is 0 Å². The molecule has 0 aromatic carbocycles. The number of amides is 1. The fourth-order valence-corrected chi connectivity index (χ4v) is 3.81. The van der Waals surface area contributed by atoms with Crippen molar-refractivity contribution in [2.45, 2.75) is 97.3 Å². The third-order valence-electron chi connectivity index (χ3n) is 5.12. The third-order valence-corrected chi connectivity index (χ3v) is 5.12. The molecule has 2 aliphatic rings. The predicted molar refractivity (Wildman–Crippen MR) is 83.4 cm³/mol. The van der Waals surface area contributed by atoms with Crippen LogP contribution in [0, 0.1) is 5.41 Å². The minimum absolute atomic E-state index is 0.0755. The average Bonchev–Trinajstić information content (AvgIpc) is 2.68. The topological polar surface area (TPSA) is 32.3 Å². The number of hydrogen-bond donors (Lipinski definition) is 1. The lowest BCUT2D eigenvalue weighted by atomic mass is 9.75. The molecule has 2 rings (SSSR count). The summed E-state index contributed by atoms with van der Waals surface area (Å²) in [6, 6.07) is 0.549. The van der Waals surface area contributed by atoms with Crippen molar-refractivity contribution in [1.82, 2.24) is 10.2 Å². The van der Waals surface area contributed by atoms with Crippen molar-refractivity contribution < 1.29 is 4.79 Å². The van der Waals surface area contributed by atoms with Gasteiger partial charge in [0.15, 0.2) is 0 Å². The first kappa shape index (κ1) is 15.8. The van der Waals surface area contributed by atoms with E-state index in [1.165, 1.54) is 25.7 Å². The predicted octanol–water partition coefficient (Wildman–Crippen LogP) is 3.68. The molecule has 1 aliphatic heterocycles. The molecule has 2 fully saturated rings. The molecule has 0 aromatic heterocycles. The molecule has 1 saturated carbocycles. The van der Waals surface area contributed by atoms with Crippen molar-refractivity contribution in [3.05, 3.63) is 0 Å². The molecule has 20 heavy (non-hydrogen) atoms. The third kappa shape index (κ3) is 3.36. The summed E-state index contributed by atoms with van der Waals surface area (Å²) in [5.74, 6) is 0.370. The van der Waals surface area contributed by atoms with Crippen LogP contribution in [0.4, 0.5) is 0 Å². The maximum absolute atomic E-state index is 12.7. The largest absolute Gasteiger partial charge is 0.323 e. The van der Waals surface area contributed by atoms with E-state index in [1.54, 1.807) is 0 Å². The van der Waals surface area contributed by atoms with Gasteiger partial charge in [-0.2, -0.15) is 0 Å². The van der Waals surface area contributed by atoms with E-state index in [-0.39, 0.29) is 12.2 Å². The van der Waals surface area contributed by atoms with Gasteiger partial charge in [0.1, 0.15) is 0 Å². The van der Waals surface area contributed by atoms with Crippen molar-refractivity contribution in [3.63, 3.8) is 0 Å². The standard InChI is InChI=1S/C17H32N2O/c1-5-7-14-16(20)19(15(18-14)8-6-2)13-9-11-17(3,4)12-10-13/h13-15,18H,5-12H2,1-4H3. The van der Waals surface area contributed by atoms with Crippen molar-refractivity contribution in [2.75, 3.05) is 0 Å². The maximum atomic E-state index is 12.7. The fraction of sp³-hybridized carbons (Fsp3) is 0.941. The van der Waals surface area contributed by atoms with Crippen LogP contribution >= 0.6 is 0 Å². The van der Waals surface area contributed by atoms with Crippen molar-refractivity contribution in [2.24, 2.45) is 5.41 Å². The zero-order valence-electron chi connectivity index (χ0n) is 13.7. The van der Waals surface area contributed by atoms with E-state index in [0.717, 1.165) is 25.7 Å². The number of carbonyl (C=O) groups excluding carboxylic acids is 1. The SMILES string of the molecule is CCCC1NC(CCC)N(C2CCC(C)(C)CC2)C1=O. The summed E-state index contributed by atoms with van der Waals surface area (Å²) in [6.07, 6.45) is 9.43. The minimum atomic E-state index is 0.0755. The van der Waals surface area contributed by atoms with Crippen LogP contribution in [-0.2, 0) is 4.79 Å². The van der Waals surface area contributed by atoms with Gasteiger partial charge in [-0.3, -0.25) is 10.1 Å². The highest BCUT2D eigenvalue weighted by Crippen LogP contribution is 2.38. The van der Waals surface area contributed by atoms with Crippen LogP contribution in [-0.4, -0.2) is 29.1 Å². The highest BCUT2D eigenvalue weighted by atomic mass is 16.2. The van der Waals surface area contributed by atoms with Crippen LogP contribution in [0.2, 0.25) is 0 Å². The number of carbonyl (C=O) groups is 1. The van der Waals surface area contributed by atoms with Gasteiger partial charge in [0.05, 0.1) is 12.2 Å². The lowest BCUT2D eigenvalue weighted by molar-refractivity contribution is -0.133. The molecular weight excluding hydrogens is 248 g/mol. The Hall–Kier alpha value is -0.570. The fourth-order valence-electron chi connectivity index (χ4n) is 3.81. The van der Waals surface area contributed by atoms with Crippen LogP contribution in [0.15, 0.2) is 0 Å². The van der Waals surface area contributed by atoms with Crippen molar-refractivity contribution >= 4 is 5.91 Å². The Labute approximate surface area is 124 Å². The molecule has 1 amide bonds. The van der Waals surface area contributed by atoms with Gasteiger partial charge in [0.2, 0.25) is 5.91 Å². The van der Waals surface area contributed by atoms with E-state index >= 15 is 0 Å². The molecule has 1 heterocycles. The molecule has 1 saturated heterocycles. The second-order valence-corrected chi connectivity index (χ2v) is 7.45. The summed E-state index contributed by atoms with van der Waals surface area (Å²) in [6.45, 7) is 9.09. The summed E-state index contributed by atoms with van der Waals surface area (Å²) in [5.41, 5.74) is 0.468. The lowest BCUT2D eigenvalue weighted by Crippen LogP contribution is -2.46. The van der Waals surface area contributed by atoms with Crippen LogP contribution in [0.1, 0.15) is 79.1 Å². The first-order valence-electron chi connectivity index (χ1n) is 8.56. The first-order chi connectivity index (χ1) is 9.48. The normalized spacial score (nSPS) is 31.0. The van der Waals surface area contributed by atoms with Gasteiger partial charge in [0.25, 0.3) is 0 Å². The number of hydrogen-bond acceptors (Lipinski definition) is 2. The zero-order valence-corrected chi connectivity index (χ0v) is 13.7. The lowest BCUT2D eigenvalue weighted by Gasteiger charge is -2.40. The van der Waals surface area contributed by atoms with Crippen molar-refractivity contribution in [1.29, 1.82) is 0 Å². The molecule has 3 nitrogen and oxygen atoms in total. The van der Waals surface area contributed by atoms with E-state index in [1.807, 2.05) is 0 Å². The van der Waals surface area contributed by atoms with Gasteiger partial charge in [-0.25, -0.2) is 0 Å². The summed E-state index contributed by atoms with van der Waals surface area (Å²) < 4.78 is 0. The Balaban J connectivity index is 2.05. The Morgan fingerprint density at radius 2 is 1.75 bits per heavy atom. The van der Waals surface area contributed by atoms with Crippen LogP contribution in [0.25, 0.3) is 0 Å². The zero-order chi connectivity index (χ0) is 14.8. The van der Waals surface area contributed by atoms with Crippen LogP contribution in [0.5, 0.6) is 0 Å². The van der Waals surface area contributed by atoms with Crippen LogP contribution < -0.4 is 5.32 Å². The molecule has 0 spiro atoms. The summed E-state index contributed by atoms with van der Waals surface area (Å²) >= 11 is 0. The van der Waals surface area contributed by atoms with E-state index in [2.05, 4.69) is 37.9 Å². The summed E-state index contributed by atoms with van der Waals surface area (Å²) in [4.78, 5) is 14.9. The monoisotopic (exact) mass is 280 g/mol. The van der Waals surface area contributed by atoms with Gasteiger partial charge < -0.3 is 4.90 Å². The average molecular weight is 280 g/mol. The van der Waals surface area contributed by atoms with E-state index in [4.69, 9.17) is 0 Å². The van der Waals surface area contributed by atoms with E-state index in [9.17, 15) is 4.79 Å². The molecule has 2 unspecified atom stereocenters. The Morgan fingerprint density at radius 3 is 2.30 bits per heavy atom. The molecule has 2 atom stereocenters. The second-order valence-electron chi connectivity index (χ2n) is 7.45. The van der Waals surface area contributed by atoms with Crippen molar-refractivity contribution in [3.8, 4) is 0 Å². The van der Waals surface area contributed by atoms with Gasteiger partial charge in [-0.1, -0.05) is 40.5 Å². The van der Waals surface area contributed by atoms with Crippen LogP contribution in [0.3, 0.4) is 0 Å². The minimum Gasteiger partial charge on any atom is -0.323 e. The molecule has 1 aliphatic carbocycles. The van der Waals surface area contributed by atoms with Gasteiger partial charge in [0, 0.05) is 6.04 Å². The number of nitrogens with zero attached hydrogens (tertiary/aromatic N) is 1. The molecular formula is C17H32N2O. The highest BCUT2D eigenvalue weighted by molar-refractivity contribution is 5.84. The van der Waals surface area contributed by atoms with Gasteiger partial charge in [-0.05, 0) is 43.9 Å². The van der Waals surface area contributed by atoms with E-state index in [0.29, 0.717) is 17.4 Å². The smallest absolute Gasteiger partial charge is 0.241 e. The first-order valence-corrected chi connectivity index (χ1v) is 8.56. The Bertz CT molecular complexity index is 330. The Kier molecular flexibility index (Phi) is 5.11. The second kappa shape index (κ2) is 6.46. The summed E-state index contributed by atoms with van der Waals surface area (Å²) in [5, 5.41) is 3.59. The Morgan fingerprint density at radius 1 is 1.15 bits per heavy atom. The quantitative estimate of drug-likeness (QED) is 0.833. The number of nitrogens with one attached hydrogen (secondary N) is 1.